The highest BCUT2D eigenvalue weighted by atomic mass is 19.1. The molecule has 1 aromatic carbocycles. The molecule has 0 unspecified atom stereocenters. The lowest BCUT2D eigenvalue weighted by atomic mass is 9.77. The van der Waals surface area contributed by atoms with Gasteiger partial charge in [0.1, 0.15) is 23.0 Å². The fourth-order valence-electron chi connectivity index (χ4n) is 6.43. The predicted octanol–water partition coefficient (Wildman–Crippen LogP) is 5.07. The average molecular weight is 563 g/mol. The maximum absolute atomic E-state index is 15.0. The zero-order chi connectivity index (χ0) is 28.9. The largest absolute Gasteiger partial charge is 0.465 e. The number of pyridine rings is 1. The molecule has 12 heteroatoms. The Labute approximate surface area is 235 Å². The van der Waals surface area contributed by atoms with Crippen LogP contribution in [0.5, 0.6) is 0 Å². The van der Waals surface area contributed by atoms with Gasteiger partial charge in [-0.25, -0.2) is 33.5 Å². The van der Waals surface area contributed by atoms with Gasteiger partial charge in [-0.05, 0) is 81.8 Å². The molecule has 1 amide bonds. The Morgan fingerprint density at radius 2 is 1.95 bits per heavy atom. The molecule has 0 bridgehead atoms. The summed E-state index contributed by atoms with van der Waals surface area (Å²) in [5.74, 6) is 0.401. The number of imidazole rings is 1. The number of halogens is 2. The van der Waals surface area contributed by atoms with Crippen LogP contribution in [0, 0.1) is 24.5 Å². The number of carbonyl (C=O) groups is 1. The van der Waals surface area contributed by atoms with Gasteiger partial charge in [0.2, 0.25) is 5.95 Å². The minimum absolute atomic E-state index is 0.0541. The van der Waals surface area contributed by atoms with Crippen molar-refractivity contribution in [3.05, 3.63) is 59.8 Å². The van der Waals surface area contributed by atoms with Crippen molar-refractivity contribution >= 4 is 28.9 Å². The second-order valence-electron chi connectivity index (χ2n) is 11.3. The molecule has 0 radical (unpaired) electrons. The number of rotatable bonds is 6. The van der Waals surface area contributed by atoms with Crippen molar-refractivity contribution in [1.82, 2.24) is 34.7 Å². The molecule has 2 fully saturated rings. The average Bonchev–Trinajstić information content (AvgIpc) is 3.49. The van der Waals surface area contributed by atoms with Crippen LogP contribution in [0.3, 0.4) is 0 Å². The van der Waals surface area contributed by atoms with E-state index in [2.05, 4.69) is 30.6 Å². The summed E-state index contributed by atoms with van der Waals surface area (Å²) in [6.45, 7) is 7.60. The Morgan fingerprint density at radius 3 is 2.68 bits per heavy atom. The highest BCUT2D eigenvalue weighted by molar-refractivity contribution is 5.84. The van der Waals surface area contributed by atoms with Crippen molar-refractivity contribution < 1.29 is 18.7 Å². The van der Waals surface area contributed by atoms with Crippen LogP contribution in [-0.4, -0.2) is 65.8 Å². The van der Waals surface area contributed by atoms with Gasteiger partial charge in [0.15, 0.2) is 5.82 Å². The minimum atomic E-state index is -0.897. The quantitative estimate of drug-likeness (QED) is 0.298. The number of nitrogens with zero attached hydrogens (tertiary/aromatic N) is 6. The highest BCUT2D eigenvalue weighted by Crippen LogP contribution is 2.37. The van der Waals surface area contributed by atoms with Crippen molar-refractivity contribution in [3.8, 4) is 11.1 Å². The van der Waals surface area contributed by atoms with Crippen LogP contribution in [0.15, 0.2) is 36.8 Å². The molecule has 10 nitrogen and oxygen atoms in total. The number of likely N-dealkylation sites (tertiary alicyclic amines) is 1. The number of aromatic nitrogens is 5. The standard InChI is InChI=1S/C29H32F2N8O2/c1-16(2)39-17(3)36-26-22(30)7-19(8-24(26)39)21-9-25(32-13-23(21)31)37-27-33-11-18(12-34-27)10-29-15-38(28(40)41)14-20(29)5-4-6-35-29/h7-9,11-13,16,20,35H,4-6,10,14-15H2,1-3H3,(H,40,41)(H,32,33,34,37)/t20-,29+/m1/s1. The van der Waals surface area contributed by atoms with Gasteiger partial charge in [-0.1, -0.05) is 0 Å². The number of anilines is 2. The summed E-state index contributed by atoms with van der Waals surface area (Å²) in [6.07, 6.45) is 6.22. The van der Waals surface area contributed by atoms with Crippen LogP contribution in [0.4, 0.5) is 25.3 Å². The van der Waals surface area contributed by atoms with E-state index in [0.29, 0.717) is 42.2 Å². The number of carboxylic acid groups (broad SMARTS) is 1. The van der Waals surface area contributed by atoms with Crippen LogP contribution in [0.1, 0.15) is 44.1 Å². The molecule has 2 atom stereocenters. The summed E-state index contributed by atoms with van der Waals surface area (Å²) < 4.78 is 31.9. The van der Waals surface area contributed by atoms with Gasteiger partial charge < -0.3 is 25.2 Å². The SMILES string of the molecule is Cc1nc2c(F)cc(-c3cc(Nc4ncc(C[C@]56CN(C(=O)O)C[C@H]5CCCN6)cn4)ncc3F)cc2n1C(C)C. The molecule has 214 valence electrons. The maximum atomic E-state index is 15.0. The van der Waals surface area contributed by atoms with E-state index in [0.717, 1.165) is 31.1 Å². The summed E-state index contributed by atoms with van der Waals surface area (Å²) in [5.41, 5.74) is 1.96. The van der Waals surface area contributed by atoms with E-state index in [1.165, 1.54) is 17.0 Å². The molecule has 6 rings (SSSR count). The number of benzene rings is 1. The van der Waals surface area contributed by atoms with Crippen molar-refractivity contribution in [2.24, 2.45) is 5.92 Å². The number of nitrogens with one attached hydrogen (secondary N) is 2. The number of hydrogen-bond acceptors (Lipinski definition) is 7. The van der Waals surface area contributed by atoms with Gasteiger partial charge in [0.25, 0.3) is 0 Å². The van der Waals surface area contributed by atoms with Gasteiger partial charge in [0, 0.05) is 42.6 Å². The van der Waals surface area contributed by atoms with Gasteiger partial charge in [0.05, 0.1) is 11.7 Å². The first-order valence-electron chi connectivity index (χ1n) is 13.8. The number of fused-ring (bicyclic) bond motifs is 2. The maximum Gasteiger partial charge on any atom is 0.407 e. The summed E-state index contributed by atoms with van der Waals surface area (Å²) in [4.78, 5) is 30.5. The Morgan fingerprint density at radius 1 is 1.17 bits per heavy atom. The Hall–Kier alpha value is -4.19. The molecule has 0 aliphatic carbocycles. The van der Waals surface area contributed by atoms with E-state index in [4.69, 9.17) is 0 Å². The first-order valence-corrected chi connectivity index (χ1v) is 13.8. The molecule has 4 aromatic rings. The third-order valence-corrected chi connectivity index (χ3v) is 8.24. The molecular formula is C29H32F2N8O2. The van der Waals surface area contributed by atoms with E-state index in [9.17, 15) is 14.3 Å². The van der Waals surface area contributed by atoms with Gasteiger partial charge in [-0.2, -0.15) is 0 Å². The number of aryl methyl sites for hydroxylation is 1. The summed E-state index contributed by atoms with van der Waals surface area (Å²) >= 11 is 0. The second-order valence-corrected chi connectivity index (χ2v) is 11.3. The lowest BCUT2D eigenvalue weighted by Crippen LogP contribution is -2.56. The van der Waals surface area contributed by atoms with Gasteiger partial charge >= 0.3 is 6.09 Å². The van der Waals surface area contributed by atoms with Crippen LogP contribution >= 0.6 is 0 Å². The number of amides is 1. The number of piperidine rings is 1. The minimum Gasteiger partial charge on any atom is -0.465 e. The van der Waals surface area contributed by atoms with Crippen molar-refractivity contribution in [1.29, 1.82) is 0 Å². The molecule has 41 heavy (non-hydrogen) atoms. The lowest BCUT2D eigenvalue weighted by Gasteiger charge is -2.39. The third kappa shape index (κ3) is 4.96. The molecule has 0 saturated carbocycles. The molecule has 2 aliphatic rings. The van der Waals surface area contributed by atoms with Crippen molar-refractivity contribution in [3.63, 3.8) is 0 Å². The second kappa shape index (κ2) is 10.3. The molecule has 5 heterocycles. The molecular weight excluding hydrogens is 530 g/mol. The normalized spacial score (nSPS) is 20.5. The summed E-state index contributed by atoms with van der Waals surface area (Å²) in [6, 6.07) is 4.59. The van der Waals surface area contributed by atoms with Gasteiger partial charge in [-0.15, -0.1) is 0 Å². The Bertz CT molecular complexity index is 1620. The van der Waals surface area contributed by atoms with E-state index in [1.807, 2.05) is 25.3 Å². The number of hydrogen-bond donors (Lipinski definition) is 3. The fourth-order valence-corrected chi connectivity index (χ4v) is 6.43. The van der Waals surface area contributed by atoms with Crippen LogP contribution < -0.4 is 10.6 Å². The van der Waals surface area contributed by atoms with E-state index in [1.54, 1.807) is 18.5 Å². The molecule has 0 spiro atoms. The third-order valence-electron chi connectivity index (χ3n) is 8.24. The van der Waals surface area contributed by atoms with Crippen LogP contribution in [0.25, 0.3) is 22.2 Å². The van der Waals surface area contributed by atoms with E-state index >= 15 is 4.39 Å². The predicted molar refractivity (Wildman–Crippen MR) is 150 cm³/mol. The first-order chi connectivity index (χ1) is 19.6. The van der Waals surface area contributed by atoms with E-state index < -0.39 is 17.7 Å². The van der Waals surface area contributed by atoms with Crippen LogP contribution in [0.2, 0.25) is 0 Å². The van der Waals surface area contributed by atoms with Crippen LogP contribution in [-0.2, 0) is 6.42 Å². The summed E-state index contributed by atoms with van der Waals surface area (Å²) in [5, 5.41) is 16.1. The monoisotopic (exact) mass is 562 g/mol. The zero-order valence-electron chi connectivity index (χ0n) is 23.2. The lowest BCUT2D eigenvalue weighted by molar-refractivity contribution is 0.151. The fraction of sp³-hybridized carbons (Fsp3) is 0.414. The molecule has 2 aliphatic heterocycles. The highest BCUT2D eigenvalue weighted by Gasteiger charge is 2.49. The van der Waals surface area contributed by atoms with E-state index in [-0.39, 0.29) is 34.5 Å². The summed E-state index contributed by atoms with van der Waals surface area (Å²) in [7, 11) is 0. The Balaban J connectivity index is 1.23. The molecule has 3 aromatic heterocycles. The van der Waals surface area contributed by atoms with Crippen molar-refractivity contribution in [2.45, 2.75) is 51.6 Å². The topological polar surface area (TPSA) is 121 Å². The Kier molecular flexibility index (Phi) is 6.80. The smallest absolute Gasteiger partial charge is 0.407 e. The van der Waals surface area contributed by atoms with Crippen molar-refractivity contribution in [2.75, 3.05) is 25.0 Å². The first kappa shape index (κ1) is 27.0. The molecule has 2 saturated heterocycles. The molecule has 3 N–H and O–H groups in total. The van der Waals surface area contributed by atoms with Gasteiger partial charge in [-0.3, -0.25) is 0 Å². The zero-order valence-corrected chi connectivity index (χ0v) is 23.2.